The van der Waals surface area contributed by atoms with E-state index in [4.69, 9.17) is 10.5 Å². The molecule has 0 amide bonds. The number of aryl methyl sites for hydroxylation is 1. The van der Waals surface area contributed by atoms with Crippen molar-refractivity contribution < 1.29 is 19.2 Å². The van der Waals surface area contributed by atoms with Crippen molar-refractivity contribution in [2.45, 2.75) is 58.3 Å². The number of benzene rings is 1. The van der Waals surface area contributed by atoms with E-state index in [1.54, 1.807) is 17.0 Å². The van der Waals surface area contributed by atoms with Crippen LogP contribution in [0.3, 0.4) is 0 Å². The van der Waals surface area contributed by atoms with Crippen LogP contribution in [0.1, 0.15) is 71.8 Å². The fraction of sp³-hybridized carbons (Fsp3) is 0.393. The molecule has 10 heteroatoms. The molecule has 2 aliphatic carbocycles. The Kier molecular flexibility index (Phi) is 6.35. The minimum absolute atomic E-state index is 0.122. The van der Waals surface area contributed by atoms with Crippen molar-refractivity contribution in [1.82, 2.24) is 0 Å². The zero-order chi connectivity index (χ0) is 27.4. The first-order valence-electron chi connectivity index (χ1n) is 12.5. The Morgan fingerprint density at radius 3 is 2.71 bits per heavy atom. The first-order valence-corrected chi connectivity index (χ1v) is 13.3. The smallest absolute Gasteiger partial charge is 0.341 e. The molecule has 5 rings (SSSR count). The fourth-order valence-corrected chi connectivity index (χ4v) is 7.33. The number of ether oxygens (including phenoxy) is 1. The lowest BCUT2D eigenvalue weighted by atomic mass is 9.68. The van der Waals surface area contributed by atoms with Crippen molar-refractivity contribution in [2.75, 3.05) is 12.0 Å². The van der Waals surface area contributed by atoms with Crippen molar-refractivity contribution >= 4 is 33.8 Å². The van der Waals surface area contributed by atoms with Crippen molar-refractivity contribution in [1.29, 1.82) is 5.26 Å². The van der Waals surface area contributed by atoms with E-state index in [-0.39, 0.29) is 29.3 Å². The van der Waals surface area contributed by atoms with Crippen LogP contribution in [0, 0.1) is 26.9 Å². The second-order valence-electron chi connectivity index (χ2n) is 10.7. The molecule has 196 valence electrons. The summed E-state index contributed by atoms with van der Waals surface area (Å²) in [4.78, 5) is 40.7. The second kappa shape index (κ2) is 9.40. The van der Waals surface area contributed by atoms with Gasteiger partial charge in [-0.05, 0) is 48.6 Å². The number of Topliss-reactive ketones (excluding diaryl/α,β-unsaturated/α-hetero) is 1. The molecule has 1 atom stereocenters. The van der Waals surface area contributed by atoms with Gasteiger partial charge in [0.15, 0.2) is 5.78 Å². The predicted molar refractivity (Wildman–Crippen MR) is 142 cm³/mol. The molecule has 3 aliphatic rings. The van der Waals surface area contributed by atoms with Gasteiger partial charge in [-0.3, -0.25) is 19.8 Å². The largest absolute Gasteiger partial charge is 0.465 e. The molecule has 9 nitrogen and oxygen atoms in total. The number of anilines is 1. The minimum Gasteiger partial charge on any atom is -0.465 e. The number of nitrogens with two attached hydrogens (primary N) is 1. The third-order valence-electron chi connectivity index (χ3n) is 7.54. The highest BCUT2D eigenvalue weighted by Crippen LogP contribution is 2.53. The molecule has 1 aromatic heterocycles. The lowest BCUT2D eigenvalue weighted by Gasteiger charge is -2.43. The van der Waals surface area contributed by atoms with Crippen LogP contribution in [0.15, 0.2) is 46.9 Å². The summed E-state index contributed by atoms with van der Waals surface area (Å²) in [7, 11) is 1.34. The summed E-state index contributed by atoms with van der Waals surface area (Å²) >= 11 is 1.46. The molecule has 1 aromatic carbocycles. The summed E-state index contributed by atoms with van der Waals surface area (Å²) in [5, 5.41) is 22.4. The van der Waals surface area contributed by atoms with Crippen molar-refractivity contribution in [3.8, 4) is 6.07 Å². The van der Waals surface area contributed by atoms with Crippen LogP contribution in [-0.4, -0.2) is 23.8 Å². The number of rotatable bonds is 4. The molecule has 2 N–H and O–H groups in total. The van der Waals surface area contributed by atoms with E-state index in [9.17, 15) is 25.0 Å². The Balaban J connectivity index is 1.80. The van der Waals surface area contributed by atoms with Gasteiger partial charge < -0.3 is 10.5 Å². The molecule has 0 fully saturated rings. The van der Waals surface area contributed by atoms with Crippen LogP contribution < -0.4 is 10.6 Å². The van der Waals surface area contributed by atoms with E-state index < -0.39 is 22.2 Å². The highest BCUT2D eigenvalue weighted by Gasteiger charge is 2.46. The predicted octanol–water partition coefficient (Wildman–Crippen LogP) is 5.26. The standard InChI is InChI=1S/C28H28N4O5S/c1-28(2)12-19-24(20(33)13-28)22(15-7-6-8-16(11-15)32(35)36)18(14-29)25(30)31(19)26-23(27(34)37-3)17-9-4-5-10-21(17)38-26/h6-8,11,22H,4-5,9-10,12-13,30H2,1-3H3. The molecule has 2 heterocycles. The normalized spacial score (nSPS) is 20.5. The molecule has 0 saturated heterocycles. The van der Waals surface area contributed by atoms with E-state index in [1.165, 1.54) is 30.6 Å². The topological polar surface area (TPSA) is 140 Å². The number of carbonyl (C=O) groups excluding carboxylic acids is 2. The summed E-state index contributed by atoms with van der Waals surface area (Å²) in [5.74, 6) is -1.34. The van der Waals surface area contributed by atoms with E-state index in [0.717, 1.165) is 36.1 Å². The monoisotopic (exact) mass is 532 g/mol. The Morgan fingerprint density at radius 1 is 1.29 bits per heavy atom. The van der Waals surface area contributed by atoms with Crippen LogP contribution in [0.4, 0.5) is 10.7 Å². The number of esters is 1. The number of methoxy groups -OCH3 is 1. The Labute approximate surface area is 224 Å². The number of nitrogens with zero attached hydrogens (tertiary/aromatic N) is 3. The molecule has 1 unspecified atom stereocenters. The number of non-ortho nitro benzene ring substituents is 1. The van der Waals surface area contributed by atoms with Crippen molar-refractivity contribution in [3.05, 3.63) is 78.6 Å². The van der Waals surface area contributed by atoms with Crippen LogP contribution >= 0.6 is 11.3 Å². The minimum atomic E-state index is -0.842. The molecule has 38 heavy (non-hydrogen) atoms. The van der Waals surface area contributed by atoms with E-state index in [1.807, 2.05) is 13.8 Å². The summed E-state index contributed by atoms with van der Waals surface area (Å²) in [6.45, 7) is 3.99. The number of fused-ring (bicyclic) bond motifs is 1. The van der Waals surface area contributed by atoms with Gasteiger partial charge in [0, 0.05) is 34.7 Å². The van der Waals surface area contributed by atoms with E-state index in [0.29, 0.717) is 33.8 Å². The quantitative estimate of drug-likeness (QED) is 0.319. The number of nitriles is 1. The third kappa shape index (κ3) is 4.07. The van der Waals surface area contributed by atoms with Crippen LogP contribution in [0.25, 0.3) is 0 Å². The van der Waals surface area contributed by atoms with E-state index in [2.05, 4.69) is 6.07 Å². The average Bonchev–Trinajstić information content (AvgIpc) is 3.25. The third-order valence-corrected chi connectivity index (χ3v) is 8.82. The Morgan fingerprint density at radius 2 is 2.03 bits per heavy atom. The number of hydrogen-bond donors (Lipinski definition) is 1. The van der Waals surface area contributed by atoms with Gasteiger partial charge in [-0.1, -0.05) is 26.0 Å². The molecule has 0 bridgehead atoms. The van der Waals surface area contributed by atoms with Gasteiger partial charge in [-0.25, -0.2) is 4.79 Å². The number of thiophene rings is 1. The van der Waals surface area contributed by atoms with Crippen LogP contribution in [0.5, 0.6) is 0 Å². The maximum atomic E-state index is 13.8. The molecule has 0 saturated carbocycles. The van der Waals surface area contributed by atoms with Gasteiger partial charge in [0.2, 0.25) is 0 Å². The fourth-order valence-electron chi connectivity index (χ4n) is 5.91. The average molecular weight is 533 g/mol. The summed E-state index contributed by atoms with van der Waals surface area (Å²) < 4.78 is 5.18. The number of allylic oxidation sites excluding steroid dienone is 3. The molecule has 2 aromatic rings. The maximum Gasteiger partial charge on any atom is 0.341 e. The second-order valence-corrected chi connectivity index (χ2v) is 11.8. The number of nitro benzene ring substituents is 1. The van der Waals surface area contributed by atoms with Gasteiger partial charge in [-0.15, -0.1) is 11.3 Å². The molecule has 0 radical (unpaired) electrons. The van der Waals surface area contributed by atoms with Crippen molar-refractivity contribution in [3.63, 3.8) is 0 Å². The zero-order valence-electron chi connectivity index (χ0n) is 21.5. The highest BCUT2D eigenvalue weighted by molar-refractivity contribution is 7.16. The highest BCUT2D eigenvalue weighted by atomic mass is 32.1. The summed E-state index contributed by atoms with van der Waals surface area (Å²) in [6, 6.07) is 8.19. The van der Waals surface area contributed by atoms with Gasteiger partial charge in [-0.2, -0.15) is 5.26 Å². The lowest BCUT2D eigenvalue weighted by Crippen LogP contribution is -2.42. The first-order chi connectivity index (χ1) is 18.1. The summed E-state index contributed by atoms with van der Waals surface area (Å²) in [5.41, 5.74) is 9.22. The SMILES string of the molecule is COC(=O)c1c(N2C(N)=C(C#N)C(c3cccc([N+](=O)[O-])c3)C3=C2CC(C)(C)CC3=O)sc2c1CCCC2. The molecular weight excluding hydrogens is 504 g/mol. The summed E-state index contributed by atoms with van der Waals surface area (Å²) in [6.07, 6.45) is 4.27. The first kappa shape index (κ1) is 25.7. The molecule has 0 spiro atoms. The number of hydrogen-bond acceptors (Lipinski definition) is 9. The van der Waals surface area contributed by atoms with Crippen molar-refractivity contribution in [2.24, 2.45) is 11.1 Å². The number of nitro groups is 1. The number of ketones is 1. The van der Waals surface area contributed by atoms with Crippen LogP contribution in [-0.2, 0) is 22.4 Å². The number of carbonyl (C=O) groups is 2. The van der Waals surface area contributed by atoms with Gasteiger partial charge >= 0.3 is 5.97 Å². The van der Waals surface area contributed by atoms with Gasteiger partial charge in [0.05, 0.1) is 35.2 Å². The Hall–Kier alpha value is -3.97. The van der Waals surface area contributed by atoms with Gasteiger partial charge in [0.25, 0.3) is 5.69 Å². The zero-order valence-corrected chi connectivity index (χ0v) is 22.3. The van der Waals surface area contributed by atoms with Gasteiger partial charge in [0.1, 0.15) is 10.8 Å². The maximum absolute atomic E-state index is 13.8. The molecular formula is C28H28N4O5S. The molecule has 1 aliphatic heterocycles. The Bertz CT molecular complexity index is 1490. The van der Waals surface area contributed by atoms with Crippen LogP contribution in [0.2, 0.25) is 0 Å². The lowest BCUT2D eigenvalue weighted by molar-refractivity contribution is -0.384. The van der Waals surface area contributed by atoms with E-state index >= 15 is 0 Å².